The Hall–Kier alpha value is -0.0800. The fourth-order valence-electron chi connectivity index (χ4n) is 5.38. The average molecular weight is 293 g/mol. The van der Waals surface area contributed by atoms with E-state index in [-0.39, 0.29) is 0 Å². The first-order valence-corrected chi connectivity index (χ1v) is 9.74. The molecule has 2 atom stereocenters. The normalized spacial score (nSPS) is 33.6. The van der Waals surface area contributed by atoms with Gasteiger partial charge in [0.25, 0.3) is 0 Å². The topological polar surface area (TPSA) is 15.3 Å². The molecule has 0 aromatic carbocycles. The first-order chi connectivity index (χ1) is 10.3. The summed E-state index contributed by atoms with van der Waals surface area (Å²) < 4.78 is 0. The van der Waals surface area contributed by atoms with Gasteiger partial charge in [-0.15, -0.1) is 0 Å². The van der Waals surface area contributed by atoms with E-state index in [2.05, 4.69) is 17.1 Å². The van der Waals surface area contributed by atoms with Crippen molar-refractivity contribution in [3.8, 4) is 0 Å². The Morgan fingerprint density at radius 3 is 2.48 bits per heavy atom. The maximum atomic E-state index is 3.68. The average Bonchev–Trinajstić information content (AvgIpc) is 2.54. The minimum atomic E-state index is 0.593. The van der Waals surface area contributed by atoms with E-state index in [0.29, 0.717) is 5.41 Å². The SMILES string of the molecule is CCNCC1(CN2CCC3CCCCC3C2)CCCCC1. The van der Waals surface area contributed by atoms with Crippen LogP contribution >= 0.6 is 0 Å². The Morgan fingerprint density at radius 2 is 1.71 bits per heavy atom. The van der Waals surface area contributed by atoms with Crippen LogP contribution in [-0.2, 0) is 0 Å². The highest BCUT2D eigenvalue weighted by molar-refractivity contribution is 4.91. The quantitative estimate of drug-likeness (QED) is 0.822. The lowest BCUT2D eigenvalue weighted by Crippen LogP contribution is -2.50. The fourth-order valence-corrected chi connectivity index (χ4v) is 5.38. The van der Waals surface area contributed by atoms with Crippen molar-refractivity contribution < 1.29 is 0 Å². The first-order valence-electron chi connectivity index (χ1n) is 9.74. The minimum absolute atomic E-state index is 0.593. The van der Waals surface area contributed by atoms with Crippen molar-refractivity contribution in [2.75, 3.05) is 32.7 Å². The van der Waals surface area contributed by atoms with Gasteiger partial charge in [0.15, 0.2) is 0 Å². The van der Waals surface area contributed by atoms with E-state index >= 15 is 0 Å². The van der Waals surface area contributed by atoms with Crippen LogP contribution in [0.5, 0.6) is 0 Å². The maximum absolute atomic E-state index is 3.68. The van der Waals surface area contributed by atoms with E-state index in [4.69, 9.17) is 0 Å². The molecule has 2 aliphatic carbocycles. The molecule has 0 spiro atoms. The van der Waals surface area contributed by atoms with E-state index in [1.807, 2.05) is 0 Å². The first kappa shape index (κ1) is 15.8. The summed E-state index contributed by atoms with van der Waals surface area (Å²) in [7, 11) is 0. The number of nitrogens with zero attached hydrogens (tertiary/aromatic N) is 1. The van der Waals surface area contributed by atoms with Crippen molar-refractivity contribution in [2.24, 2.45) is 17.3 Å². The summed E-state index contributed by atoms with van der Waals surface area (Å²) in [6.07, 6.45) is 14.9. The predicted octanol–water partition coefficient (Wildman–Crippen LogP) is 4.06. The molecule has 3 fully saturated rings. The lowest BCUT2D eigenvalue weighted by molar-refractivity contribution is 0.0367. The van der Waals surface area contributed by atoms with Crippen LogP contribution in [-0.4, -0.2) is 37.6 Å². The second-order valence-corrected chi connectivity index (χ2v) is 8.17. The van der Waals surface area contributed by atoms with Crippen molar-refractivity contribution in [1.82, 2.24) is 10.2 Å². The third-order valence-corrected chi connectivity index (χ3v) is 6.60. The molecule has 2 unspecified atom stereocenters. The summed E-state index contributed by atoms with van der Waals surface area (Å²) in [5.41, 5.74) is 0.593. The molecule has 1 N–H and O–H groups in total. The van der Waals surface area contributed by atoms with E-state index in [0.717, 1.165) is 18.4 Å². The van der Waals surface area contributed by atoms with Gasteiger partial charge < -0.3 is 10.2 Å². The highest BCUT2D eigenvalue weighted by atomic mass is 15.1. The van der Waals surface area contributed by atoms with Crippen LogP contribution in [0.4, 0.5) is 0 Å². The Balaban J connectivity index is 1.57. The highest BCUT2D eigenvalue weighted by Gasteiger charge is 2.37. The molecule has 0 aromatic rings. The summed E-state index contributed by atoms with van der Waals surface area (Å²) in [4.78, 5) is 2.86. The monoisotopic (exact) mass is 292 g/mol. The van der Waals surface area contributed by atoms with Gasteiger partial charge in [0.1, 0.15) is 0 Å². The molecule has 21 heavy (non-hydrogen) atoms. The van der Waals surface area contributed by atoms with Crippen molar-refractivity contribution in [3.05, 3.63) is 0 Å². The number of fused-ring (bicyclic) bond motifs is 1. The molecule has 0 amide bonds. The predicted molar refractivity (Wildman–Crippen MR) is 90.6 cm³/mol. The van der Waals surface area contributed by atoms with Gasteiger partial charge in [-0.25, -0.2) is 0 Å². The van der Waals surface area contributed by atoms with E-state index in [1.54, 1.807) is 0 Å². The van der Waals surface area contributed by atoms with Crippen LogP contribution in [0.2, 0.25) is 0 Å². The molecule has 3 aliphatic rings. The summed E-state index contributed by atoms with van der Waals surface area (Å²) in [5, 5.41) is 3.68. The van der Waals surface area contributed by atoms with Gasteiger partial charge in [-0.1, -0.05) is 45.4 Å². The zero-order chi connectivity index (χ0) is 14.5. The molecule has 2 saturated carbocycles. The summed E-state index contributed by atoms with van der Waals surface area (Å²) in [6, 6.07) is 0. The molecule has 2 heteroatoms. The largest absolute Gasteiger partial charge is 0.316 e. The molecular formula is C19H36N2. The van der Waals surface area contributed by atoms with Crippen LogP contribution in [0.25, 0.3) is 0 Å². The van der Waals surface area contributed by atoms with E-state index in [1.165, 1.54) is 90.4 Å². The van der Waals surface area contributed by atoms with Crippen molar-refractivity contribution in [2.45, 2.75) is 71.1 Å². The third kappa shape index (κ3) is 4.01. The zero-order valence-corrected chi connectivity index (χ0v) is 14.2. The molecule has 2 nitrogen and oxygen atoms in total. The lowest BCUT2D eigenvalue weighted by atomic mass is 9.71. The molecule has 1 saturated heterocycles. The summed E-state index contributed by atoms with van der Waals surface area (Å²) in [5.74, 6) is 2.11. The molecule has 122 valence electrons. The fraction of sp³-hybridized carbons (Fsp3) is 1.00. The van der Waals surface area contributed by atoms with Crippen LogP contribution in [0.1, 0.15) is 71.1 Å². The molecule has 1 aliphatic heterocycles. The van der Waals surface area contributed by atoms with Gasteiger partial charge in [0.05, 0.1) is 0 Å². The van der Waals surface area contributed by atoms with Crippen LogP contribution in [0.3, 0.4) is 0 Å². The van der Waals surface area contributed by atoms with Gasteiger partial charge in [-0.05, 0) is 56.0 Å². The molecule has 0 aromatic heterocycles. The summed E-state index contributed by atoms with van der Waals surface area (Å²) >= 11 is 0. The molecule has 1 heterocycles. The molecule has 0 bridgehead atoms. The standard InChI is InChI=1S/C19H36N2/c1-2-20-15-19(11-6-3-7-12-19)16-21-13-10-17-8-4-5-9-18(17)14-21/h17-18,20H,2-16H2,1H3. The van der Waals surface area contributed by atoms with Gasteiger partial charge >= 0.3 is 0 Å². The van der Waals surface area contributed by atoms with E-state index < -0.39 is 0 Å². The van der Waals surface area contributed by atoms with Crippen LogP contribution < -0.4 is 5.32 Å². The van der Waals surface area contributed by atoms with Crippen molar-refractivity contribution in [1.29, 1.82) is 0 Å². The maximum Gasteiger partial charge on any atom is 0.00503 e. The lowest BCUT2D eigenvalue weighted by Gasteiger charge is -2.46. The summed E-state index contributed by atoms with van der Waals surface area (Å²) in [6.45, 7) is 8.82. The number of hydrogen-bond acceptors (Lipinski definition) is 2. The Morgan fingerprint density at radius 1 is 0.952 bits per heavy atom. The van der Waals surface area contributed by atoms with Gasteiger partial charge in [0, 0.05) is 19.6 Å². The van der Waals surface area contributed by atoms with E-state index in [9.17, 15) is 0 Å². The second-order valence-electron chi connectivity index (χ2n) is 8.17. The van der Waals surface area contributed by atoms with Crippen molar-refractivity contribution >= 4 is 0 Å². The number of nitrogens with one attached hydrogen (secondary N) is 1. The van der Waals surface area contributed by atoms with Crippen LogP contribution in [0.15, 0.2) is 0 Å². The zero-order valence-electron chi connectivity index (χ0n) is 14.2. The van der Waals surface area contributed by atoms with Gasteiger partial charge in [0.2, 0.25) is 0 Å². The van der Waals surface area contributed by atoms with Gasteiger partial charge in [-0.2, -0.15) is 0 Å². The smallest absolute Gasteiger partial charge is 0.00503 e. The third-order valence-electron chi connectivity index (χ3n) is 6.60. The Labute approximate surface area is 132 Å². The van der Waals surface area contributed by atoms with Crippen LogP contribution in [0, 0.1) is 17.3 Å². The minimum Gasteiger partial charge on any atom is -0.316 e. The van der Waals surface area contributed by atoms with Crippen molar-refractivity contribution in [3.63, 3.8) is 0 Å². The number of likely N-dealkylation sites (tertiary alicyclic amines) is 1. The second kappa shape index (κ2) is 7.46. The molecule has 0 radical (unpaired) electrons. The highest BCUT2D eigenvalue weighted by Crippen LogP contribution is 2.40. The molecule has 3 rings (SSSR count). The Kier molecular flexibility index (Phi) is 5.61. The number of rotatable bonds is 5. The van der Waals surface area contributed by atoms with Gasteiger partial charge in [-0.3, -0.25) is 0 Å². The Bertz CT molecular complexity index is 309. The number of piperidine rings is 1. The number of hydrogen-bond donors (Lipinski definition) is 1. The molecular weight excluding hydrogens is 256 g/mol.